The molecule has 37 heavy (non-hydrogen) atoms. The predicted molar refractivity (Wildman–Crippen MR) is 148 cm³/mol. The van der Waals surface area contributed by atoms with E-state index in [-0.39, 0.29) is 5.91 Å². The number of esters is 1. The molecular formula is C30H24N2O4S. The number of benzene rings is 3. The highest BCUT2D eigenvalue weighted by Crippen LogP contribution is 2.38. The van der Waals surface area contributed by atoms with Crippen LogP contribution in [0.15, 0.2) is 99.2 Å². The van der Waals surface area contributed by atoms with Gasteiger partial charge in [0.25, 0.3) is 5.91 Å². The van der Waals surface area contributed by atoms with Crippen molar-refractivity contribution in [2.45, 2.75) is 13.8 Å². The highest BCUT2D eigenvalue weighted by molar-refractivity contribution is 8.19. The Balaban J connectivity index is 1.46. The zero-order valence-electron chi connectivity index (χ0n) is 20.6. The average Bonchev–Trinajstić information content (AvgIpc) is 3.50. The van der Waals surface area contributed by atoms with E-state index in [9.17, 15) is 9.59 Å². The Labute approximate surface area is 219 Å². The molecule has 2 heterocycles. The van der Waals surface area contributed by atoms with E-state index >= 15 is 0 Å². The van der Waals surface area contributed by atoms with Crippen molar-refractivity contribution in [1.29, 1.82) is 0 Å². The smallest absolute Gasteiger partial charge is 0.337 e. The highest BCUT2D eigenvalue weighted by Gasteiger charge is 2.35. The van der Waals surface area contributed by atoms with Crippen LogP contribution in [0.4, 0.5) is 11.4 Å². The summed E-state index contributed by atoms with van der Waals surface area (Å²) < 4.78 is 10.8. The van der Waals surface area contributed by atoms with Crippen molar-refractivity contribution in [2.24, 2.45) is 4.99 Å². The van der Waals surface area contributed by atoms with E-state index < -0.39 is 5.97 Å². The van der Waals surface area contributed by atoms with Gasteiger partial charge in [0.2, 0.25) is 0 Å². The number of hydrogen-bond donors (Lipinski definition) is 0. The minimum atomic E-state index is -0.394. The van der Waals surface area contributed by atoms with Crippen LogP contribution in [0.2, 0.25) is 0 Å². The van der Waals surface area contributed by atoms with Gasteiger partial charge in [0.05, 0.1) is 29.0 Å². The summed E-state index contributed by atoms with van der Waals surface area (Å²) in [6.45, 7) is 4.03. The molecule has 0 spiro atoms. The lowest BCUT2D eigenvalue weighted by atomic mass is 10.1. The Morgan fingerprint density at radius 2 is 1.54 bits per heavy atom. The van der Waals surface area contributed by atoms with Gasteiger partial charge in [-0.15, -0.1) is 0 Å². The molecule has 6 nitrogen and oxygen atoms in total. The fourth-order valence-electron chi connectivity index (χ4n) is 3.80. The minimum absolute atomic E-state index is 0.167. The normalized spacial score (nSPS) is 15.5. The third-order valence-corrected chi connectivity index (χ3v) is 6.82. The van der Waals surface area contributed by atoms with Gasteiger partial charge in [-0.2, -0.15) is 0 Å². The Kier molecular flexibility index (Phi) is 6.79. The average molecular weight is 509 g/mol. The summed E-state index contributed by atoms with van der Waals surface area (Å²) in [7, 11) is 1.35. The molecule has 0 bridgehead atoms. The van der Waals surface area contributed by atoms with E-state index in [1.807, 2.05) is 74.5 Å². The first-order valence-electron chi connectivity index (χ1n) is 11.7. The second-order valence-corrected chi connectivity index (χ2v) is 9.60. The van der Waals surface area contributed by atoms with Crippen molar-refractivity contribution < 1.29 is 18.7 Å². The van der Waals surface area contributed by atoms with Crippen LogP contribution in [0, 0.1) is 13.8 Å². The van der Waals surface area contributed by atoms with Crippen molar-refractivity contribution in [3.8, 4) is 11.3 Å². The molecule has 1 aliphatic rings. The van der Waals surface area contributed by atoms with Gasteiger partial charge in [0.15, 0.2) is 5.17 Å². The van der Waals surface area contributed by atoms with Crippen molar-refractivity contribution in [3.63, 3.8) is 0 Å². The number of aliphatic imine (C=N–C) groups is 1. The summed E-state index contributed by atoms with van der Waals surface area (Å²) >= 11 is 1.31. The fourth-order valence-corrected chi connectivity index (χ4v) is 4.78. The number of nitrogens with zero attached hydrogens (tertiary/aromatic N) is 2. The molecule has 1 saturated heterocycles. The van der Waals surface area contributed by atoms with Crippen LogP contribution in [0.5, 0.6) is 0 Å². The van der Waals surface area contributed by atoms with Gasteiger partial charge in [-0.3, -0.25) is 9.69 Å². The number of anilines is 1. The zero-order chi connectivity index (χ0) is 25.9. The fraction of sp³-hybridized carbons (Fsp3) is 0.100. The van der Waals surface area contributed by atoms with E-state index in [0.717, 1.165) is 28.1 Å². The lowest BCUT2D eigenvalue weighted by Gasteiger charge is -2.16. The van der Waals surface area contributed by atoms with Gasteiger partial charge in [-0.05, 0) is 74.1 Å². The Bertz CT molecular complexity index is 1520. The number of carbonyl (C=O) groups is 2. The molecule has 5 rings (SSSR count). The first-order chi connectivity index (χ1) is 17.9. The number of carbonyl (C=O) groups excluding carboxylic acids is 2. The number of rotatable bonds is 5. The van der Waals surface area contributed by atoms with Crippen LogP contribution in [0.3, 0.4) is 0 Å². The van der Waals surface area contributed by atoms with Crippen LogP contribution in [-0.4, -0.2) is 24.2 Å². The molecule has 0 saturated carbocycles. The third-order valence-electron chi connectivity index (χ3n) is 5.85. The summed E-state index contributed by atoms with van der Waals surface area (Å²) in [4.78, 5) is 32.1. The van der Waals surface area contributed by atoms with Crippen LogP contribution < -0.4 is 4.90 Å². The van der Waals surface area contributed by atoms with Crippen molar-refractivity contribution >= 4 is 46.3 Å². The molecule has 1 aromatic heterocycles. The van der Waals surface area contributed by atoms with E-state index in [1.165, 1.54) is 18.9 Å². The Morgan fingerprint density at radius 1 is 0.892 bits per heavy atom. The van der Waals surface area contributed by atoms with Gasteiger partial charge in [-0.25, -0.2) is 9.79 Å². The lowest BCUT2D eigenvalue weighted by molar-refractivity contribution is -0.113. The number of hydrogen-bond acceptors (Lipinski definition) is 6. The second kappa shape index (κ2) is 10.3. The van der Waals surface area contributed by atoms with Crippen LogP contribution in [0.25, 0.3) is 17.4 Å². The number of ether oxygens (including phenoxy) is 1. The highest BCUT2D eigenvalue weighted by atomic mass is 32.2. The largest absolute Gasteiger partial charge is 0.465 e. The summed E-state index contributed by atoms with van der Waals surface area (Å²) in [5, 5.41) is 0.578. The molecule has 0 radical (unpaired) electrons. The van der Waals surface area contributed by atoms with Gasteiger partial charge in [0, 0.05) is 11.6 Å². The molecule has 0 aliphatic carbocycles. The molecule has 0 atom stereocenters. The maximum atomic E-state index is 13.5. The molecular weight excluding hydrogens is 484 g/mol. The molecule has 184 valence electrons. The molecule has 0 unspecified atom stereocenters. The van der Waals surface area contributed by atoms with Crippen LogP contribution in [0.1, 0.15) is 27.2 Å². The molecule has 1 amide bonds. The minimum Gasteiger partial charge on any atom is -0.465 e. The Hall–Kier alpha value is -4.36. The van der Waals surface area contributed by atoms with E-state index in [2.05, 4.69) is 0 Å². The van der Waals surface area contributed by atoms with Crippen LogP contribution >= 0.6 is 11.8 Å². The molecule has 1 fully saturated rings. The van der Waals surface area contributed by atoms with Crippen LogP contribution in [-0.2, 0) is 9.53 Å². The van der Waals surface area contributed by atoms with Crippen molar-refractivity contribution in [1.82, 2.24) is 0 Å². The summed E-state index contributed by atoms with van der Waals surface area (Å²) in [5.41, 5.74) is 5.05. The summed E-state index contributed by atoms with van der Waals surface area (Å²) in [6, 6.07) is 26.3. The maximum absolute atomic E-state index is 13.5. The molecule has 4 aromatic rings. The quantitative estimate of drug-likeness (QED) is 0.211. The van der Waals surface area contributed by atoms with E-state index in [1.54, 1.807) is 35.2 Å². The zero-order valence-corrected chi connectivity index (χ0v) is 21.4. The predicted octanol–water partition coefficient (Wildman–Crippen LogP) is 7.16. The number of aryl methyl sites for hydroxylation is 2. The number of thioether (sulfide) groups is 1. The second-order valence-electron chi connectivity index (χ2n) is 8.59. The Morgan fingerprint density at radius 3 is 2.19 bits per heavy atom. The van der Waals surface area contributed by atoms with Gasteiger partial charge in [-0.1, -0.05) is 47.5 Å². The topological polar surface area (TPSA) is 72.1 Å². The number of furan rings is 1. The standard InChI is InChI=1S/C30H24N2O4S/c1-19-4-12-23(13-5-19)31-30-32(24-14-6-20(2)7-15-24)28(33)27(37-30)18-25-16-17-26(36-25)21-8-10-22(11-9-21)29(34)35-3/h4-18H,1-3H3/b27-18+,31-30?. The van der Waals surface area contributed by atoms with Crippen molar-refractivity contribution in [2.75, 3.05) is 12.0 Å². The lowest BCUT2D eigenvalue weighted by Crippen LogP contribution is -2.28. The first-order valence-corrected chi connectivity index (χ1v) is 12.5. The molecule has 1 aliphatic heterocycles. The van der Waals surface area contributed by atoms with Gasteiger partial charge in [0.1, 0.15) is 11.5 Å². The SMILES string of the molecule is COC(=O)c1ccc(-c2ccc(/C=C3/SC(=Nc4ccc(C)cc4)N(c4ccc(C)cc4)C3=O)o2)cc1. The van der Waals surface area contributed by atoms with Gasteiger partial charge >= 0.3 is 5.97 Å². The number of amidine groups is 1. The molecule has 0 N–H and O–H groups in total. The monoisotopic (exact) mass is 508 g/mol. The maximum Gasteiger partial charge on any atom is 0.337 e. The molecule has 3 aromatic carbocycles. The van der Waals surface area contributed by atoms with Gasteiger partial charge < -0.3 is 9.15 Å². The van der Waals surface area contributed by atoms with E-state index in [4.69, 9.17) is 14.1 Å². The molecule has 7 heteroatoms. The number of amides is 1. The number of methoxy groups -OCH3 is 1. The first kappa shape index (κ1) is 24.3. The third kappa shape index (κ3) is 5.27. The van der Waals surface area contributed by atoms with E-state index in [0.29, 0.717) is 27.2 Å². The summed E-state index contributed by atoms with van der Waals surface area (Å²) in [6.07, 6.45) is 1.73. The summed E-state index contributed by atoms with van der Waals surface area (Å²) in [5.74, 6) is 0.612. The van der Waals surface area contributed by atoms with Crippen molar-refractivity contribution in [3.05, 3.63) is 112 Å².